The van der Waals surface area contributed by atoms with Gasteiger partial charge in [-0.15, -0.1) is 0 Å². The minimum Gasteiger partial charge on any atom is -0.309 e. The molecule has 15 heavy (non-hydrogen) atoms. The van der Waals surface area contributed by atoms with Crippen LogP contribution in [-0.2, 0) is 0 Å². The van der Waals surface area contributed by atoms with Gasteiger partial charge in [0, 0.05) is 0 Å². The maximum Gasteiger partial charge on any atom is -0.00247 e. The van der Waals surface area contributed by atoms with Crippen LogP contribution >= 0.6 is 0 Å². The summed E-state index contributed by atoms with van der Waals surface area (Å²) in [6, 6.07) is 0. The molecule has 92 valence electrons. The Labute approximate surface area is 97.2 Å². The molecule has 0 saturated heterocycles. The number of hydrogen-bond acceptors (Lipinski definition) is 1. The van der Waals surface area contributed by atoms with Gasteiger partial charge < -0.3 is 4.90 Å². The average molecular weight is 213 g/mol. The molecule has 1 aliphatic carbocycles. The first-order chi connectivity index (χ1) is 7.29. The molecule has 0 radical (unpaired) electrons. The first kappa shape index (κ1) is 15.0. The monoisotopic (exact) mass is 213 g/mol. The highest BCUT2D eigenvalue weighted by Gasteiger charge is 2.11. The van der Waals surface area contributed by atoms with Crippen LogP contribution in [0, 0.1) is 5.92 Å². The van der Waals surface area contributed by atoms with E-state index in [-0.39, 0.29) is 0 Å². The lowest BCUT2D eigenvalue weighted by molar-refractivity contribution is 0.349. The summed E-state index contributed by atoms with van der Waals surface area (Å²) < 4.78 is 0. The van der Waals surface area contributed by atoms with Gasteiger partial charge in [-0.1, -0.05) is 52.4 Å². The molecule has 0 aliphatic heterocycles. The molecule has 1 saturated carbocycles. The van der Waals surface area contributed by atoms with Crippen LogP contribution in [-0.4, -0.2) is 25.5 Å². The van der Waals surface area contributed by atoms with Crippen molar-refractivity contribution >= 4 is 0 Å². The van der Waals surface area contributed by atoms with Crippen molar-refractivity contribution in [3.8, 4) is 0 Å². The Morgan fingerprint density at radius 1 is 0.933 bits per heavy atom. The molecule has 1 fully saturated rings. The normalized spacial score (nSPS) is 18.2. The van der Waals surface area contributed by atoms with Crippen LogP contribution in [0.1, 0.15) is 65.2 Å². The van der Waals surface area contributed by atoms with E-state index in [4.69, 9.17) is 0 Å². The van der Waals surface area contributed by atoms with E-state index in [9.17, 15) is 0 Å². The summed E-state index contributed by atoms with van der Waals surface area (Å²) in [5.41, 5.74) is 0. The van der Waals surface area contributed by atoms with Crippen molar-refractivity contribution in [2.75, 3.05) is 20.6 Å². The van der Waals surface area contributed by atoms with Gasteiger partial charge in [0.2, 0.25) is 0 Å². The van der Waals surface area contributed by atoms with E-state index in [1.54, 1.807) is 0 Å². The third-order valence-corrected chi connectivity index (χ3v) is 3.19. The Bertz CT molecular complexity index is 113. The van der Waals surface area contributed by atoms with Gasteiger partial charge >= 0.3 is 0 Å². The van der Waals surface area contributed by atoms with E-state index in [2.05, 4.69) is 19.0 Å². The molecule has 0 aromatic carbocycles. The highest BCUT2D eigenvalue weighted by molar-refractivity contribution is 4.65. The van der Waals surface area contributed by atoms with Gasteiger partial charge in [0.1, 0.15) is 0 Å². The molecule has 1 aliphatic rings. The Balaban J connectivity index is 0.000000921. The van der Waals surface area contributed by atoms with Crippen molar-refractivity contribution in [3.05, 3.63) is 0 Å². The van der Waals surface area contributed by atoms with Crippen molar-refractivity contribution in [1.82, 2.24) is 4.90 Å². The zero-order valence-electron chi connectivity index (χ0n) is 11.4. The predicted molar refractivity (Wildman–Crippen MR) is 70.3 cm³/mol. The maximum absolute atomic E-state index is 2.30. The smallest absolute Gasteiger partial charge is 0.00247 e. The van der Waals surface area contributed by atoms with Gasteiger partial charge in [0.25, 0.3) is 0 Å². The fraction of sp³-hybridized carbons (Fsp3) is 1.00. The van der Waals surface area contributed by atoms with Gasteiger partial charge in [0.15, 0.2) is 0 Å². The topological polar surface area (TPSA) is 3.24 Å². The molecule has 0 spiro atoms. The molecule has 0 bridgehead atoms. The minimum atomic E-state index is 1.06. The highest BCUT2D eigenvalue weighted by Crippen LogP contribution is 2.26. The van der Waals surface area contributed by atoms with Gasteiger partial charge in [-0.05, 0) is 39.4 Å². The molecule has 0 unspecified atom stereocenters. The van der Waals surface area contributed by atoms with Crippen LogP contribution in [0.5, 0.6) is 0 Å². The summed E-state index contributed by atoms with van der Waals surface area (Å²) in [6.07, 6.45) is 11.9. The highest BCUT2D eigenvalue weighted by atomic mass is 15.0. The van der Waals surface area contributed by atoms with Crippen LogP contribution in [0.15, 0.2) is 0 Å². The first-order valence-electron chi connectivity index (χ1n) is 6.94. The fourth-order valence-electron chi connectivity index (χ4n) is 2.35. The largest absolute Gasteiger partial charge is 0.309 e. The van der Waals surface area contributed by atoms with Crippen LogP contribution in [0.3, 0.4) is 0 Å². The van der Waals surface area contributed by atoms with E-state index in [0.29, 0.717) is 0 Å². The maximum atomic E-state index is 2.30. The summed E-state index contributed by atoms with van der Waals surface area (Å²) in [6.45, 7) is 5.27. The summed E-state index contributed by atoms with van der Waals surface area (Å²) in [5.74, 6) is 1.06. The lowest BCUT2D eigenvalue weighted by Gasteiger charge is -2.15. The van der Waals surface area contributed by atoms with E-state index < -0.39 is 0 Å². The van der Waals surface area contributed by atoms with Gasteiger partial charge in [0.05, 0.1) is 0 Å². The SMILES string of the molecule is CC.CN(C)CCCC1CCCCCC1. The first-order valence-corrected chi connectivity index (χ1v) is 6.94. The molecule has 0 heterocycles. The summed E-state index contributed by atoms with van der Waals surface area (Å²) >= 11 is 0. The standard InChI is InChI=1S/C12H25N.C2H6/c1-13(2)11-7-10-12-8-5-3-4-6-9-12;1-2/h12H,3-11H2,1-2H3;1-2H3. The van der Waals surface area contributed by atoms with Crippen molar-refractivity contribution in [2.24, 2.45) is 5.92 Å². The quantitative estimate of drug-likeness (QED) is 0.628. The van der Waals surface area contributed by atoms with Crippen molar-refractivity contribution in [1.29, 1.82) is 0 Å². The van der Waals surface area contributed by atoms with Crippen LogP contribution in [0.4, 0.5) is 0 Å². The molecule has 0 aromatic rings. The molecule has 1 rings (SSSR count). The molecule has 0 N–H and O–H groups in total. The van der Waals surface area contributed by atoms with E-state index in [1.165, 1.54) is 57.9 Å². The van der Waals surface area contributed by atoms with Crippen molar-refractivity contribution in [3.63, 3.8) is 0 Å². The Hall–Kier alpha value is -0.0400. The molecule has 0 atom stereocenters. The third kappa shape index (κ3) is 8.92. The molecular formula is C14H31N. The predicted octanol–water partition coefficient (Wildman–Crippen LogP) is 4.32. The van der Waals surface area contributed by atoms with Gasteiger partial charge in [-0.2, -0.15) is 0 Å². The Morgan fingerprint density at radius 3 is 1.93 bits per heavy atom. The zero-order chi connectivity index (χ0) is 11.5. The van der Waals surface area contributed by atoms with Gasteiger partial charge in [-0.3, -0.25) is 0 Å². The summed E-state index contributed by atoms with van der Waals surface area (Å²) in [5, 5.41) is 0. The Kier molecular flexibility index (Phi) is 10.4. The van der Waals surface area contributed by atoms with Crippen LogP contribution in [0.25, 0.3) is 0 Å². The lowest BCUT2D eigenvalue weighted by Crippen LogP contribution is -2.14. The molecular weight excluding hydrogens is 182 g/mol. The molecule has 0 aromatic heterocycles. The second-order valence-electron chi connectivity index (χ2n) is 4.80. The van der Waals surface area contributed by atoms with E-state index in [0.717, 1.165) is 5.92 Å². The molecule has 0 amide bonds. The molecule has 1 nitrogen and oxygen atoms in total. The Morgan fingerprint density at radius 2 is 1.47 bits per heavy atom. The van der Waals surface area contributed by atoms with Gasteiger partial charge in [-0.25, -0.2) is 0 Å². The van der Waals surface area contributed by atoms with Crippen molar-refractivity contribution < 1.29 is 0 Å². The average Bonchev–Trinajstić information content (AvgIpc) is 2.49. The molecule has 1 heteroatoms. The van der Waals surface area contributed by atoms with E-state index >= 15 is 0 Å². The lowest BCUT2D eigenvalue weighted by atomic mass is 9.95. The number of rotatable bonds is 4. The summed E-state index contributed by atoms with van der Waals surface area (Å²) in [4.78, 5) is 2.30. The third-order valence-electron chi connectivity index (χ3n) is 3.19. The fourth-order valence-corrected chi connectivity index (χ4v) is 2.35. The zero-order valence-corrected chi connectivity index (χ0v) is 11.4. The van der Waals surface area contributed by atoms with E-state index in [1.807, 2.05) is 13.8 Å². The second kappa shape index (κ2) is 10.5. The van der Waals surface area contributed by atoms with Crippen LogP contribution < -0.4 is 0 Å². The number of hydrogen-bond donors (Lipinski definition) is 0. The minimum absolute atomic E-state index is 1.06. The summed E-state index contributed by atoms with van der Waals surface area (Å²) in [7, 11) is 4.35. The number of nitrogens with zero attached hydrogens (tertiary/aromatic N) is 1. The second-order valence-corrected chi connectivity index (χ2v) is 4.80. The van der Waals surface area contributed by atoms with Crippen LogP contribution in [0.2, 0.25) is 0 Å². The van der Waals surface area contributed by atoms with Crippen molar-refractivity contribution in [2.45, 2.75) is 65.2 Å².